The summed E-state index contributed by atoms with van der Waals surface area (Å²) in [7, 11) is 8.68. The molecule has 24 heavy (non-hydrogen) atoms. The molecule has 0 aromatic rings. The third-order valence-electron chi connectivity index (χ3n) is 3.07. The van der Waals surface area contributed by atoms with E-state index in [0.29, 0.717) is 0 Å². The van der Waals surface area contributed by atoms with Crippen molar-refractivity contribution in [2.75, 3.05) is 35.5 Å². The molecule has 0 bridgehead atoms. The van der Waals surface area contributed by atoms with Gasteiger partial charge in [-0.2, -0.15) is 0 Å². The van der Waals surface area contributed by atoms with E-state index in [0.717, 1.165) is 0 Å². The molecule has 0 aromatic heterocycles. The van der Waals surface area contributed by atoms with Crippen molar-refractivity contribution in [3.63, 3.8) is 0 Å². The predicted molar refractivity (Wildman–Crippen MR) is 112 cm³/mol. The third-order valence-corrected chi connectivity index (χ3v) is 39.4. The summed E-state index contributed by atoms with van der Waals surface area (Å²) in [6, 6.07) is 0. The molecule has 0 heterocycles. The maximum absolute atomic E-state index is 5.90. The fourth-order valence-corrected chi connectivity index (χ4v) is 30.9. The quantitative estimate of drug-likeness (QED) is 0.363. The zero-order chi connectivity index (χ0) is 20.2. The van der Waals surface area contributed by atoms with Crippen molar-refractivity contribution < 1.29 is 16.8 Å². The van der Waals surface area contributed by atoms with Crippen LogP contribution < -0.4 is 0 Å². The molecule has 0 N–H and O–H groups in total. The molecule has 0 radical (unpaired) electrons. The summed E-state index contributed by atoms with van der Waals surface area (Å²) in [6.07, 6.45) is 0. The Balaban J connectivity index is -0.000000294. The average molecular weight is 781 g/mol. The molecule has 10 heteroatoms. The molecule has 0 atom stereocenters. The van der Waals surface area contributed by atoms with Gasteiger partial charge >= 0.3 is 173 Å². The number of hydrogen-bond donors (Lipinski definition) is 0. The Morgan fingerprint density at radius 2 is 0.583 bits per heavy atom. The van der Waals surface area contributed by atoms with Gasteiger partial charge in [-0.3, -0.25) is 0 Å². The SMILES string of the molecule is C[O][Sn]([CH3])([CH3])[CH3].C[O][Sn]([CH3])([CH3])[O]C.C[O][Sn]([CH3])([CH3])[O][Sn]([CH3])([CH3])[O]C. The molecule has 0 rings (SSSR count). The molecule has 0 saturated heterocycles. The maximum atomic E-state index is 5.90. The Kier molecular flexibility index (Phi) is 19.6. The van der Waals surface area contributed by atoms with Gasteiger partial charge in [0.25, 0.3) is 0 Å². The molecule has 0 aliphatic rings. The van der Waals surface area contributed by atoms with Crippen LogP contribution in [0.3, 0.4) is 0 Å². The summed E-state index contributed by atoms with van der Waals surface area (Å²) >= 11 is -9.14. The van der Waals surface area contributed by atoms with Crippen molar-refractivity contribution in [1.82, 2.24) is 0 Å². The van der Waals surface area contributed by atoms with E-state index in [1.807, 2.05) is 0 Å². The van der Waals surface area contributed by atoms with Crippen LogP contribution in [0.25, 0.3) is 0 Å². The number of hydrogen-bond acceptors (Lipinski definition) is 6. The molecule has 0 aliphatic heterocycles. The molecule has 0 unspecified atom stereocenters. The Bertz CT molecular complexity index is 286. The van der Waals surface area contributed by atoms with E-state index in [4.69, 9.17) is 16.8 Å². The fourth-order valence-electron chi connectivity index (χ4n) is 0.759. The second kappa shape index (κ2) is 14.9. The van der Waals surface area contributed by atoms with Gasteiger partial charge in [0.2, 0.25) is 0 Å². The van der Waals surface area contributed by atoms with Crippen molar-refractivity contribution in [2.24, 2.45) is 0 Å². The van der Waals surface area contributed by atoms with Crippen LogP contribution in [0.15, 0.2) is 0 Å². The first-order valence-electron chi connectivity index (χ1n) is 7.97. The van der Waals surface area contributed by atoms with Crippen LogP contribution >= 0.6 is 0 Å². The Labute approximate surface area is 170 Å². The standard InChI is InChI=1S/5CH3O.9CH3.O.4Sn/c5*1-2;;;;;;;;;;;;;;/h5*1H3;9*1H3;;;;;/q5*-1;;;;;;;;;;;3*+1;+2. The molecule has 0 amide bonds. The average Bonchev–Trinajstić information content (AvgIpc) is 2.47. The van der Waals surface area contributed by atoms with Crippen LogP contribution in [0.4, 0.5) is 0 Å². The van der Waals surface area contributed by atoms with Crippen molar-refractivity contribution in [2.45, 2.75) is 44.5 Å². The van der Waals surface area contributed by atoms with Gasteiger partial charge in [-0.1, -0.05) is 0 Å². The minimum atomic E-state index is -2.56. The van der Waals surface area contributed by atoms with E-state index >= 15 is 0 Å². The summed E-state index contributed by atoms with van der Waals surface area (Å²) in [6.45, 7) is 0. The molecular weight excluding hydrogens is 739 g/mol. The van der Waals surface area contributed by atoms with Crippen LogP contribution in [0.2, 0.25) is 44.5 Å². The Morgan fingerprint density at radius 1 is 0.375 bits per heavy atom. The Morgan fingerprint density at radius 3 is 0.667 bits per heavy atom. The zero-order valence-corrected chi connectivity index (χ0v) is 29.9. The zero-order valence-electron chi connectivity index (χ0n) is 18.4. The van der Waals surface area contributed by atoms with Gasteiger partial charge in [0.1, 0.15) is 0 Å². The van der Waals surface area contributed by atoms with Crippen LogP contribution in [-0.4, -0.2) is 112 Å². The van der Waals surface area contributed by atoms with Crippen LogP contribution in [0.5, 0.6) is 0 Å². The summed E-state index contributed by atoms with van der Waals surface area (Å²) in [5, 5.41) is 0. The molecule has 0 aromatic carbocycles. The van der Waals surface area contributed by atoms with Gasteiger partial charge in [0.05, 0.1) is 0 Å². The summed E-state index contributed by atoms with van der Waals surface area (Å²) in [4.78, 5) is 19.2. The van der Waals surface area contributed by atoms with E-state index in [9.17, 15) is 0 Å². The van der Waals surface area contributed by atoms with E-state index in [2.05, 4.69) is 44.5 Å². The van der Waals surface area contributed by atoms with E-state index in [1.54, 1.807) is 35.5 Å². The molecule has 150 valence electrons. The summed E-state index contributed by atoms with van der Waals surface area (Å²) in [5.74, 6) is 0. The van der Waals surface area contributed by atoms with Crippen LogP contribution in [0.1, 0.15) is 0 Å². The molecule has 6 nitrogen and oxygen atoms in total. The molecule has 0 aliphatic carbocycles. The first kappa shape index (κ1) is 31.6. The fraction of sp³-hybridized carbons (Fsp3) is 1.00. The van der Waals surface area contributed by atoms with Gasteiger partial charge in [-0.05, 0) is 0 Å². The second-order valence-corrected chi connectivity index (χ2v) is 53.8. The monoisotopic (exact) mass is 786 g/mol. The van der Waals surface area contributed by atoms with Crippen molar-refractivity contribution in [1.29, 1.82) is 0 Å². The van der Waals surface area contributed by atoms with E-state index in [1.165, 1.54) is 0 Å². The minimum absolute atomic E-state index is 1.71. The Hall–Kier alpha value is 2.95. The first-order chi connectivity index (χ1) is 10.5. The second-order valence-electron chi connectivity index (χ2n) is 7.43. The number of rotatable bonds is 7. The molecule has 0 fully saturated rings. The van der Waals surface area contributed by atoms with Gasteiger partial charge < -0.3 is 0 Å². The first-order valence-corrected chi connectivity index (χ1v) is 41.8. The van der Waals surface area contributed by atoms with Gasteiger partial charge in [-0.25, -0.2) is 0 Å². The normalized spacial score (nSPS) is 12.8. The molecular formula is C14H42O6Sn4. The summed E-state index contributed by atoms with van der Waals surface area (Å²) in [5.41, 5.74) is 0. The summed E-state index contributed by atoms with van der Waals surface area (Å²) < 4.78 is 31.9. The molecule has 0 spiro atoms. The topological polar surface area (TPSA) is 55.4 Å². The van der Waals surface area contributed by atoms with Gasteiger partial charge in [0.15, 0.2) is 0 Å². The predicted octanol–water partition coefficient (Wildman–Crippen LogP) is 4.15. The molecule has 0 saturated carbocycles. The van der Waals surface area contributed by atoms with Crippen molar-refractivity contribution in [3.8, 4) is 0 Å². The van der Waals surface area contributed by atoms with Crippen molar-refractivity contribution in [3.05, 3.63) is 0 Å². The van der Waals surface area contributed by atoms with Gasteiger partial charge in [-0.15, -0.1) is 0 Å². The van der Waals surface area contributed by atoms with Crippen LogP contribution in [-0.2, 0) is 16.8 Å². The van der Waals surface area contributed by atoms with Crippen molar-refractivity contribution >= 4 is 76.4 Å². The third kappa shape index (κ3) is 25.0. The van der Waals surface area contributed by atoms with Gasteiger partial charge in [0, 0.05) is 0 Å². The van der Waals surface area contributed by atoms with E-state index < -0.39 is 76.4 Å². The van der Waals surface area contributed by atoms with E-state index in [-0.39, 0.29) is 0 Å². The van der Waals surface area contributed by atoms with Crippen LogP contribution in [0, 0.1) is 0 Å².